The molecule has 0 spiro atoms. The van der Waals surface area contributed by atoms with E-state index in [1.807, 2.05) is 6.92 Å². The van der Waals surface area contributed by atoms with Crippen molar-refractivity contribution in [3.8, 4) is 0 Å². The van der Waals surface area contributed by atoms with Crippen LogP contribution in [0.5, 0.6) is 0 Å². The van der Waals surface area contributed by atoms with E-state index in [4.69, 9.17) is 9.84 Å². The number of carbonyl (C=O) groups is 3. The van der Waals surface area contributed by atoms with E-state index in [2.05, 4.69) is 5.32 Å². The van der Waals surface area contributed by atoms with Gasteiger partial charge in [-0.05, 0) is 25.0 Å². The van der Waals surface area contributed by atoms with Gasteiger partial charge in [0.1, 0.15) is 6.10 Å². The minimum atomic E-state index is -1.07. The van der Waals surface area contributed by atoms with Crippen LogP contribution in [0.25, 0.3) is 0 Å². The van der Waals surface area contributed by atoms with Gasteiger partial charge in [0, 0.05) is 25.5 Å². The van der Waals surface area contributed by atoms with E-state index in [0.29, 0.717) is 12.0 Å². The van der Waals surface area contributed by atoms with Crippen molar-refractivity contribution in [2.75, 3.05) is 0 Å². The average molecular weight is 380 g/mol. The highest BCUT2D eigenvalue weighted by atomic mass is 16.6. The Labute approximate surface area is 156 Å². The second kappa shape index (κ2) is 10.9. The number of nitrogens with one attached hydrogen (secondary N) is 1. The summed E-state index contributed by atoms with van der Waals surface area (Å²) in [6.07, 6.45) is 0.519. The first-order valence-corrected chi connectivity index (χ1v) is 8.69. The zero-order chi connectivity index (χ0) is 20.4. The lowest BCUT2D eigenvalue weighted by Crippen LogP contribution is -2.23. The molecule has 0 saturated heterocycles. The largest absolute Gasteiger partial charge is 0.481 e. The molecule has 0 fully saturated rings. The monoisotopic (exact) mass is 380 g/mol. The highest BCUT2D eigenvalue weighted by molar-refractivity contribution is 5.80. The molecule has 1 amide bonds. The van der Waals surface area contributed by atoms with E-state index >= 15 is 0 Å². The molecule has 148 valence electrons. The summed E-state index contributed by atoms with van der Waals surface area (Å²) in [5, 5.41) is 22.4. The number of carbonyl (C=O) groups excluding carboxylic acids is 2. The number of carboxylic acids is 1. The van der Waals surface area contributed by atoms with Crippen molar-refractivity contribution < 1.29 is 29.2 Å². The molecule has 1 aromatic carbocycles. The summed E-state index contributed by atoms with van der Waals surface area (Å²) in [7, 11) is 0. The third kappa shape index (κ3) is 7.85. The van der Waals surface area contributed by atoms with Gasteiger partial charge in [0.05, 0.1) is 16.9 Å². The number of nitrogens with zero attached hydrogens (tertiary/aromatic N) is 1. The van der Waals surface area contributed by atoms with Crippen LogP contribution in [0.4, 0.5) is 5.69 Å². The van der Waals surface area contributed by atoms with Gasteiger partial charge in [0.15, 0.2) is 0 Å². The zero-order valence-electron chi connectivity index (χ0n) is 15.4. The molecule has 9 heteroatoms. The maximum absolute atomic E-state index is 11.8. The van der Waals surface area contributed by atoms with Crippen LogP contribution in [0.2, 0.25) is 0 Å². The summed E-state index contributed by atoms with van der Waals surface area (Å²) >= 11 is 0. The number of unbranched alkanes of at least 4 members (excludes halogenated alkanes) is 1. The molecule has 9 nitrogen and oxygen atoms in total. The van der Waals surface area contributed by atoms with Gasteiger partial charge < -0.3 is 15.2 Å². The SMILES string of the molecule is CCCCC(=O)OC(C)c1cc(CNC(=O)CCC(=O)O)ccc1[N+](=O)[O-]. The summed E-state index contributed by atoms with van der Waals surface area (Å²) in [5.74, 6) is -1.93. The van der Waals surface area contributed by atoms with Crippen molar-refractivity contribution >= 4 is 23.5 Å². The first-order valence-electron chi connectivity index (χ1n) is 8.69. The van der Waals surface area contributed by atoms with Crippen LogP contribution in [0.1, 0.15) is 63.2 Å². The van der Waals surface area contributed by atoms with Crippen molar-refractivity contribution in [3.63, 3.8) is 0 Å². The molecule has 0 radical (unpaired) electrons. The molecule has 0 aliphatic carbocycles. The van der Waals surface area contributed by atoms with Gasteiger partial charge in [-0.25, -0.2) is 0 Å². The molecule has 0 aliphatic rings. The topological polar surface area (TPSA) is 136 Å². The lowest BCUT2D eigenvalue weighted by molar-refractivity contribution is -0.386. The van der Waals surface area contributed by atoms with Crippen LogP contribution >= 0.6 is 0 Å². The Morgan fingerprint density at radius 3 is 2.56 bits per heavy atom. The fourth-order valence-electron chi connectivity index (χ4n) is 2.36. The molecule has 2 N–H and O–H groups in total. The minimum absolute atomic E-state index is 0.0833. The molecular weight excluding hydrogens is 356 g/mol. The first-order chi connectivity index (χ1) is 12.7. The third-order valence-corrected chi connectivity index (χ3v) is 3.82. The van der Waals surface area contributed by atoms with Gasteiger partial charge >= 0.3 is 11.9 Å². The summed E-state index contributed by atoms with van der Waals surface area (Å²) in [6, 6.07) is 4.29. The number of rotatable bonds is 11. The zero-order valence-corrected chi connectivity index (χ0v) is 15.4. The number of benzene rings is 1. The van der Waals surface area contributed by atoms with Crippen LogP contribution in [0.15, 0.2) is 18.2 Å². The molecule has 0 aromatic heterocycles. The number of esters is 1. The van der Waals surface area contributed by atoms with Crippen LogP contribution in [-0.2, 0) is 25.7 Å². The fourth-order valence-corrected chi connectivity index (χ4v) is 2.36. The smallest absolute Gasteiger partial charge is 0.306 e. The Morgan fingerprint density at radius 1 is 1.26 bits per heavy atom. The van der Waals surface area contributed by atoms with Gasteiger partial charge in [-0.15, -0.1) is 0 Å². The van der Waals surface area contributed by atoms with Gasteiger partial charge in [-0.3, -0.25) is 24.5 Å². The Hall–Kier alpha value is -2.97. The molecule has 0 heterocycles. The summed E-state index contributed by atoms with van der Waals surface area (Å²) in [6.45, 7) is 3.58. The van der Waals surface area contributed by atoms with E-state index in [-0.39, 0.29) is 37.1 Å². The lowest BCUT2D eigenvalue weighted by atomic mass is 10.0. The van der Waals surface area contributed by atoms with Crippen molar-refractivity contribution in [1.82, 2.24) is 5.32 Å². The van der Waals surface area contributed by atoms with Gasteiger partial charge in [-0.1, -0.05) is 19.4 Å². The van der Waals surface area contributed by atoms with Crippen LogP contribution in [0, 0.1) is 10.1 Å². The summed E-state index contributed by atoms with van der Waals surface area (Å²) in [4.78, 5) is 44.6. The van der Waals surface area contributed by atoms with Crippen molar-refractivity contribution in [1.29, 1.82) is 0 Å². The molecule has 1 rings (SSSR count). The quantitative estimate of drug-likeness (QED) is 0.342. The van der Waals surface area contributed by atoms with Gasteiger partial charge in [0.2, 0.25) is 5.91 Å². The number of nitro benzene ring substituents is 1. The van der Waals surface area contributed by atoms with E-state index in [1.54, 1.807) is 6.92 Å². The molecule has 0 saturated carbocycles. The van der Waals surface area contributed by atoms with E-state index in [1.165, 1.54) is 18.2 Å². The predicted molar refractivity (Wildman–Crippen MR) is 95.8 cm³/mol. The predicted octanol–water partition coefficient (Wildman–Crippen LogP) is 2.87. The highest BCUT2D eigenvalue weighted by Crippen LogP contribution is 2.29. The summed E-state index contributed by atoms with van der Waals surface area (Å²) < 4.78 is 5.28. The number of hydrogen-bond acceptors (Lipinski definition) is 6. The van der Waals surface area contributed by atoms with Crippen LogP contribution in [0.3, 0.4) is 0 Å². The number of amides is 1. The average Bonchev–Trinajstić information content (AvgIpc) is 2.62. The van der Waals surface area contributed by atoms with Crippen molar-refractivity contribution in [2.45, 2.75) is 58.6 Å². The second-order valence-electron chi connectivity index (χ2n) is 6.06. The molecular formula is C18H24N2O7. The Balaban J connectivity index is 2.84. The Morgan fingerprint density at radius 2 is 1.96 bits per heavy atom. The molecule has 0 bridgehead atoms. The molecule has 27 heavy (non-hydrogen) atoms. The van der Waals surface area contributed by atoms with E-state index in [9.17, 15) is 24.5 Å². The first kappa shape index (κ1) is 22.1. The number of hydrogen-bond donors (Lipinski definition) is 2. The van der Waals surface area contributed by atoms with Crippen LogP contribution in [-0.4, -0.2) is 27.9 Å². The maximum Gasteiger partial charge on any atom is 0.306 e. The number of aliphatic carboxylic acids is 1. The standard InChI is InChI=1S/C18H24N2O7/c1-3-4-5-18(24)27-12(2)14-10-13(6-7-15(14)20(25)26)11-19-16(21)8-9-17(22)23/h6-7,10,12H,3-5,8-9,11H2,1-2H3,(H,19,21)(H,22,23). The normalized spacial score (nSPS) is 11.5. The van der Waals surface area contributed by atoms with E-state index < -0.39 is 28.9 Å². The fraction of sp³-hybridized carbons (Fsp3) is 0.500. The molecule has 0 aliphatic heterocycles. The highest BCUT2D eigenvalue weighted by Gasteiger charge is 2.22. The van der Waals surface area contributed by atoms with Gasteiger partial charge in [0.25, 0.3) is 5.69 Å². The van der Waals surface area contributed by atoms with Crippen molar-refractivity contribution in [2.24, 2.45) is 0 Å². The summed E-state index contributed by atoms with van der Waals surface area (Å²) in [5.41, 5.74) is 0.643. The minimum Gasteiger partial charge on any atom is -0.481 e. The molecule has 1 unspecified atom stereocenters. The Bertz CT molecular complexity index is 703. The second-order valence-corrected chi connectivity index (χ2v) is 6.06. The lowest BCUT2D eigenvalue weighted by Gasteiger charge is -2.15. The van der Waals surface area contributed by atoms with Crippen LogP contribution < -0.4 is 5.32 Å². The van der Waals surface area contributed by atoms with Gasteiger partial charge in [-0.2, -0.15) is 0 Å². The Kier molecular flexibility index (Phi) is 8.91. The third-order valence-electron chi connectivity index (χ3n) is 3.82. The van der Waals surface area contributed by atoms with E-state index in [0.717, 1.165) is 6.42 Å². The maximum atomic E-state index is 11.8. The van der Waals surface area contributed by atoms with Crippen molar-refractivity contribution in [3.05, 3.63) is 39.4 Å². The number of nitro groups is 1. The molecule has 1 aromatic rings. The molecule has 1 atom stereocenters. The number of ether oxygens (including phenoxy) is 1. The number of carboxylic acid groups (broad SMARTS) is 1.